The Kier molecular flexibility index (Phi) is 4.43. The summed E-state index contributed by atoms with van der Waals surface area (Å²) in [5.74, 6) is 4.59. The van der Waals surface area contributed by atoms with E-state index in [0.717, 1.165) is 6.07 Å². The summed E-state index contributed by atoms with van der Waals surface area (Å²) in [4.78, 5) is 10.0. The van der Waals surface area contributed by atoms with Crippen molar-refractivity contribution in [2.24, 2.45) is 0 Å². The van der Waals surface area contributed by atoms with Gasteiger partial charge in [0, 0.05) is 22.2 Å². The molecule has 2 aromatic rings. The number of aliphatic hydroxyl groups excluding tert-OH is 1. The first-order valence-corrected chi connectivity index (χ1v) is 6.28. The smallest absolute Gasteiger partial charge is 0.312 e. The molecule has 1 atom stereocenters. The first-order valence-electron chi connectivity index (χ1n) is 5.90. The molecule has 0 saturated heterocycles. The number of aromatic hydroxyl groups is 1. The minimum absolute atomic E-state index is 0.0371. The molecule has 0 aliphatic heterocycles. The Morgan fingerprint density at radius 2 is 1.90 bits per heavy atom. The Hall–Kier alpha value is -2.55. The van der Waals surface area contributed by atoms with Gasteiger partial charge in [0.2, 0.25) is 5.75 Å². The second-order valence-corrected chi connectivity index (χ2v) is 4.59. The second kappa shape index (κ2) is 6.27. The molecular formula is C15H10ClNO4. The maximum Gasteiger partial charge on any atom is 0.312 e. The number of phenols is 1. The maximum atomic E-state index is 10.8. The van der Waals surface area contributed by atoms with E-state index in [2.05, 4.69) is 11.8 Å². The van der Waals surface area contributed by atoms with Gasteiger partial charge in [0.15, 0.2) is 0 Å². The lowest BCUT2D eigenvalue weighted by Crippen LogP contribution is -1.98. The lowest BCUT2D eigenvalue weighted by Gasteiger charge is -2.07. The van der Waals surface area contributed by atoms with Crippen LogP contribution in [-0.2, 0) is 0 Å². The van der Waals surface area contributed by atoms with Gasteiger partial charge in [0.05, 0.1) is 4.92 Å². The largest absolute Gasteiger partial charge is 0.502 e. The normalized spacial score (nSPS) is 11.3. The van der Waals surface area contributed by atoms with Crippen LogP contribution < -0.4 is 0 Å². The fourth-order valence-electron chi connectivity index (χ4n) is 1.70. The van der Waals surface area contributed by atoms with Crippen molar-refractivity contribution in [1.82, 2.24) is 0 Å². The summed E-state index contributed by atoms with van der Waals surface area (Å²) in [5.41, 5.74) is 0.00302. The van der Waals surface area contributed by atoms with Gasteiger partial charge in [-0.05, 0) is 18.2 Å². The highest BCUT2D eigenvalue weighted by Crippen LogP contribution is 2.36. The van der Waals surface area contributed by atoms with Crippen LogP contribution in [0.5, 0.6) is 5.75 Å². The Balaban J connectivity index is 2.38. The summed E-state index contributed by atoms with van der Waals surface area (Å²) >= 11 is 5.75. The van der Waals surface area contributed by atoms with E-state index in [1.165, 1.54) is 6.07 Å². The molecule has 2 aromatic carbocycles. The highest BCUT2D eigenvalue weighted by Gasteiger charge is 2.22. The van der Waals surface area contributed by atoms with Crippen molar-refractivity contribution < 1.29 is 15.1 Å². The molecule has 0 spiro atoms. The summed E-state index contributed by atoms with van der Waals surface area (Å²) in [7, 11) is 0. The zero-order valence-electron chi connectivity index (χ0n) is 10.7. The number of hydrogen-bond donors (Lipinski definition) is 2. The summed E-state index contributed by atoms with van der Waals surface area (Å²) in [6.45, 7) is 0. The lowest BCUT2D eigenvalue weighted by molar-refractivity contribution is -0.386. The first kappa shape index (κ1) is 14.9. The highest BCUT2D eigenvalue weighted by molar-refractivity contribution is 6.31. The number of benzene rings is 2. The molecule has 6 heteroatoms. The van der Waals surface area contributed by atoms with Crippen LogP contribution in [-0.4, -0.2) is 15.1 Å². The van der Waals surface area contributed by atoms with Crippen molar-refractivity contribution in [3.05, 3.63) is 68.7 Å². The van der Waals surface area contributed by atoms with E-state index >= 15 is 0 Å². The number of rotatable bonds is 2. The zero-order chi connectivity index (χ0) is 15.4. The standard InChI is InChI=1S/C15H10ClNO4/c16-11-8-12(15(19)13(9-11)17(20)21)14(18)7-6-10-4-2-1-3-5-10/h1-5,8-9,14,18-19H. The Morgan fingerprint density at radius 3 is 2.52 bits per heavy atom. The second-order valence-electron chi connectivity index (χ2n) is 4.16. The van der Waals surface area contributed by atoms with Crippen molar-refractivity contribution >= 4 is 17.3 Å². The zero-order valence-corrected chi connectivity index (χ0v) is 11.4. The monoisotopic (exact) mass is 303 g/mol. The van der Waals surface area contributed by atoms with Crippen molar-refractivity contribution in [2.45, 2.75) is 6.10 Å². The van der Waals surface area contributed by atoms with Crippen molar-refractivity contribution in [3.63, 3.8) is 0 Å². The van der Waals surface area contributed by atoms with Gasteiger partial charge in [-0.15, -0.1) is 0 Å². The number of nitrogens with zero attached hydrogens (tertiary/aromatic N) is 1. The number of hydrogen-bond acceptors (Lipinski definition) is 4. The van der Waals surface area contributed by atoms with Crippen LogP contribution >= 0.6 is 11.6 Å². The number of aliphatic hydroxyl groups is 1. The van der Waals surface area contributed by atoms with Gasteiger partial charge in [-0.3, -0.25) is 10.1 Å². The van der Waals surface area contributed by atoms with E-state index in [4.69, 9.17) is 11.6 Å². The van der Waals surface area contributed by atoms with Crippen LogP contribution in [0.2, 0.25) is 5.02 Å². The van der Waals surface area contributed by atoms with Crippen molar-refractivity contribution in [3.8, 4) is 17.6 Å². The molecule has 0 amide bonds. The van der Waals surface area contributed by atoms with E-state index in [1.54, 1.807) is 24.3 Å². The SMILES string of the molecule is O=[N+]([O-])c1cc(Cl)cc(C(O)C#Cc2ccccc2)c1O. The molecule has 0 aliphatic carbocycles. The molecule has 0 fully saturated rings. The molecule has 5 nitrogen and oxygen atoms in total. The molecule has 0 aromatic heterocycles. The lowest BCUT2D eigenvalue weighted by atomic mass is 10.1. The maximum absolute atomic E-state index is 10.8. The fraction of sp³-hybridized carbons (Fsp3) is 0.0667. The van der Waals surface area contributed by atoms with E-state index in [9.17, 15) is 20.3 Å². The molecule has 21 heavy (non-hydrogen) atoms. The van der Waals surface area contributed by atoms with Crippen molar-refractivity contribution in [2.75, 3.05) is 0 Å². The van der Waals surface area contributed by atoms with Crippen LogP contribution in [0.3, 0.4) is 0 Å². The summed E-state index contributed by atoms with van der Waals surface area (Å²) in [6, 6.07) is 11.2. The average Bonchev–Trinajstić information content (AvgIpc) is 2.47. The topological polar surface area (TPSA) is 83.6 Å². The summed E-state index contributed by atoms with van der Waals surface area (Å²) in [5, 5.41) is 30.6. The molecule has 2 N–H and O–H groups in total. The molecule has 0 saturated carbocycles. The van der Waals surface area contributed by atoms with E-state index in [1.807, 2.05) is 6.07 Å². The Labute approximate surface area is 125 Å². The Bertz CT molecular complexity index is 735. The quantitative estimate of drug-likeness (QED) is 0.507. The van der Waals surface area contributed by atoms with Gasteiger partial charge in [0.1, 0.15) is 6.10 Å². The van der Waals surface area contributed by atoms with Crippen LogP contribution in [0.1, 0.15) is 17.2 Å². The number of nitro benzene ring substituents is 1. The third kappa shape index (κ3) is 3.51. The number of nitro groups is 1. The van der Waals surface area contributed by atoms with Crippen LogP contribution in [0.15, 0.2) is 42.5 Å². The minimum atomic E-state index is -1.39. The first-order chi connectivity index (χ1) is 9.99. The van der Waals surface area contributed by atoms with Gasteiger partial charge < -0.3 is 10.2 Å². The predicted octanol–water partition coefficient (Wildman–Crippen LogP) is 3.04. The van der Waals surface area contributed by atoms with Crippen molar-refractivity contribution in [1.29, 1.82) is 0 Å². The third-order valence-electron chi connectivity index (χ3n) is 2.70. The van der Waals surface area contributed by atoms with E-state index < -0.39 is 22.5 Å². The number of halogens is 1. The van der Waals surface area contributed by atoms with E-state index in [0.29, 0.717) is 5.56 Å². The molecule has 0 radical (unpaired) electrons. The Morgan fingerprint density at radius 1 is 1.24 bits per heavy atom. The van der Waals surface area contributed by atoms with E-state index in [-0.39, 0.29) is 10.6 Å². The summed E-state index contributed by atoms with van der Waals surface area (Å²) < 4.78 is 0. The minimum Gasteiger partial charge on any atom is -0.502 e. The van der Waals surface area contributed by atoms with Gasteiger partial charge in [0.25, 0.3) is 0 Å². The predicted molar refractivity (Wildman–Crippen MR) is 78.1 cm³/mol. The molecule has 106 valence electrons. The molecule has 2 rings (SSSR count). The average molecular weight is 304 g/mol. The number of phenolic OH excluding ortho intramolecular Hbond substituents is 1. The molecule has 0 bridgehead atoms. The van der Waals surface area contributed by atoms with Crippen LogP contribution in [0.25, 0.3) is 0 Å². The molecule has 1 unspecified atom stereocenters. The van der Waals surface area contributed by atoms with Crippen LogP contribution in [0, 0.1) is 22.0 Å². The van der Waals surface area contributed by atoms with Gasteiger partial charge >= 0.3 is 5.69 Å². The third-order valence-corrected chi connectivity index (χ3v) is 2.92. The van der Waals surface area contributed by atoms with Gasteiger partial charge in [-0.1, -0.05) is 41.6 Å². The summed E-state index contributed by atoms with van der Waals surface area (Å²) in [6.07, 6.45) is -1.39. The fourth-order valence-corrected chi connectivity index (χ4v) is 1.92. The molecule has 0 aliphatic rings. The highest BCUT2D eigenvalue weighted by atomic mass is 35.5. The molecule has 0 heterocycles. The van der Waals surface area contributed by atoms with Crippen LogP contribution in [0.4, 0.5) is 5.69 Å². The van der Waals surface area contributed by atoms with Gasteiger partial charge in [-0.2, -0.15) is 0 Å². The van der Waals surface area contributed by atoms with Gasteiger partial charge in [-0.25, -0.2) is 0 Å². The molecular weight excluding hydrogens is 294 g/mol.